The number of hydrogen-bond donors (Lipinski definition) is 2. The molecule has 0 aromatic heterocycles. The van der Waals surface area contributed by atoms with Gasteiger partial charge in [0.15, 0.2) is 0 Å². The first kappa shape index (κ1) is 16.0. The Labute approximate surface area is 117 Å². The van der Waals surface area contributed by atoms with Gasteiger partial charge in [0.25, 0.3) is 5.91 Å². The fourth-order valence-electron chi connectivity index (χ4n) is 1.72. The largest absolute Gasteiger partial charge is 0.508 e. The van der Waals surface area contributed by atoms with E-state index in [9.17, 15) is 14.7 Å². The standard InChI is InChI=1S/C14H19NO5/c1-4-14(2,20-3)13(19)15(9-12(17)18)10-5-7-11(16)8-6-10/h5-8,16H,4,9H2,1-3H3,(H,17,18). The smallest absolute Gasteiger partial charge is 0.323 e. The lowest BCUT2D eigenvalue weighted by atomic mass is 10.0. The van der Waals surface area contributed by atoms with Crippen LogP contribution in [-0.2, 0) is 14.3 Å². The molecule has 110 valence electrons. The molecule has 0 aliphatic rings. The molecule has 0 aliphatic carbocycles. The van der Waals surface area contributed by atoms with Crippen LogP contribution in [-0.4, -0.2) is 41.3 Å². The van der Waals surface area contributed by atoms with Crippen LogP contribution in [0.15, 0.2) is 24.3 Å². The van der Waals surface area contributed by atoms with Crippen molar-refractivity contribution >= 4 is 17.6 Å². The van der Waals surface area contributed by atoms with E-state index in [2.05, 4.69) is 0 Å². The molecule has 1 unspecified atom stereocenters. The molecule has 0 heterocycles. The third kappa shape index (κ3) is 3.48. The van der Waals surface area contributed by atoms with Crippen molar-refractivity contribution in [3.05, 3.63) is 24.3 Å². The van der Waals surface area contributed by atoms with Gasteiger partial charge in [0.2, 0.25) is 0 Å². The van der Waals surface area contributed by atoms with E-state index in [1.807, 2.05) is 0 Å². The summed E-state index contributed by atoms with van der Waals surface area (Å²) in [4.78, 5) is 24.6. The minimum absolute atomic E-state index is 0.0430. The van der Waals surface area contributed by atoms with Crippen LogP contribution in [0, 0.1) is 0 Å². The van der Waals surface area contributed by atoms with E-state index in [1.54, 1.807) is 13.8 Å². The fraction of sp³-hybridized carbons (Fsp3) is 0.429. The van der Waals surface area contributed by atoms with Crippen molar-refractivity contribution in [1.82, 2.24) is 0 Å². The van der Waals surface area contributed by atoms with Gasteiger partial charge in [0.1, 0.15) is 17.9 Å². The Balaban J connectivity index is 3.15. The second-order valence-corrected chi connectivity index (χ2v) is 4.59. The molecule has 6 nitrogen and oxygen atoms in total. The Morgan fingerprint density at radius 3 is 2.25 bits per heavy atom. The first-order valence-electron chi connectivity index (χ1n) is 6.22. The summed E-state index contributed by atoms with van der Waals surface area (Å²) < 4.78 is 5.22. The maximum Gasteiger partial charge on any atom is 0.323 e. The number of phenolic OH excluding ortho intramolecular Hbond substituents is 1. The fourth-order valence-corrected chi connectivity index (χ4v) is 1.72. The van der Waals surface area contributed by atoms with Gasteiger partial charge in [-0.05, 0) is 37.6 Å². The normalized spacial score (nSPS) is 13.6. The van der Waals surface area contributed by atoms with Gasteiger partial charge >= 0.3 is 5.97 Å². The maximum atomic E-state index is 12.5. The lowest BCUT2D eigenvalue weighted by Crippen LogP contribution is -2.50. The number of carbonyl (C=O) groups is 2. The van der Waals surface area contributed by atoms with E-state index in [4.69, 9.17) is 9.84 Å². The van der Waals surface area contributed by atoms with Gasteiger partial charge in [-0.3, -0.25) is 14.5 Å². The number of nitrogens with zero attached hydrogens (tertiary/aromatic N) is 1. The molecule has 20 heavy (non-hydrogen) atoms. The first-order chi connectivity index (χ1) is 9.34. The zero-order valence-electron chi connectivity index (χ0n) is 11.8. The molecule has 0 saturated carbocycles. The summed E-state index contributed by atoms with van der Waals surface area (Å²) in [5.41, 5.74) is -0.695. The molecule has 1 aromatic rings. The van der Waals surface area contributed by atoms with Crippen LogP contribution in [0.25, 0.3) is 0 Å². The van der Waals surface area contributed by atoms with Gasteiger partial charge in [0.05, 0.1) is 0 Å². The van der Waals surface area contributed by atoms with Gasteiger partial charge in [-0.25, -0.2) is 0 Å². The average molecular weight is 281 g/mol. The number of aromatic hydroxyl groups is 1. The number of rotatable bonds is 6. The van der Waals surface area contributed by atoms with Crippen LogP contribution in [0.4, 0.5) is 5.69 Å². The van der Waals surface area contributed by atoms with Crippen molar-refractivity contribution in [2.45, 2.75) is 25.9 Å². The van der Waals surface area contributed by atoms with Gasteiger partial charge in [-0.15, -0.1) is 0 Å². The summed E-state index contributed by atoms with van der Waals surface area (Å²) >= 11 is 0. The lowest BCUT2D eigenvalue weighted by molar-refractivity contribution is -0.142. The highest BCUT2D eigenvalue weighted by Crippen LogP contribution is 2.24. The first-order valence-corrected chi connectivity index (χ1v) is 6.22. The monoisotopic (exact) mass is 281 g/mol. The highest BCUT2D eigenvalue weighted by Gasteiger charge is 2.36. The van der Waals surface area contributed by atoms with Crippen LogP contribution in [0.5, 0.6) is 5.75 Å². The summed E-state index contributed by atoms with van der Waals surface area (Å²) in [6.07, 6.45) is 0.413. The second-order valence-electron chi connectivity index (χ2n) is 4.59. The van der Waals surface area contributed by atoms with Crippen LogP contribution in [0.2, 0.25) is 0 Å². The number of amides is 1. The predicted molar refractivity (Wildman–Crippen MR) is 73.8 cm³/mol. The van der Waals surface area contributed by atoms with E-state index < -0.39 is 24.0 Å². The zero-order valence-corrected chi connectivity index (χ0v) is 11.8. The Hall–Kier alpha value is -2.08. The van der Waals surface area contributed by atoms with E-state index in [0.717, 1.165) is 4.90 Å². The van der Waals surface area contributed by atoms with E-state index >= 15 is 0 Å². The summed E-state index contributed by atoms with van der Waals surface area (Å²) in [6, 6.07) is 5.77. The highest BCUT2D eigenvalue weighted by molar-refractivity contribution is 6.02. The van der Waals surface area contributed by atoms with Crippen molar-refractivity contribution in [3.8, 4) is 5.75 Å². The number of anilines is 1. The molecule has 0 aliphatic heterocycles. The molecule has 0 saturated heterocycles. The lowest BCUT2D eigenvalue weighted by Gasteiger charge is -2.32. The SMILES string of the molecule is CCC(C)(OC)C(=O)N(CC(=O)O)c1ccc(O)cc1. The average Bonchev–Trinajstić information content (AvgIpc) is 2.44. The summed E-state index contributed by atoms with van der Waals surface area (Å²) in [6.45, 7) is 2.93. The number of carbonyl (C=O) groups excluding carboxylic acids is 1. The highest BCUT2D eigenvalue weighted by atomic mass is 16.5. The Morgan fingerprint density at radius 2 is 1.85 bits per heavy atom. The third-order valence-corrected chi connectivity index (χ3v) is 3.28. The van der Waals surface area contributed by atoms with E-state index in [0.29, 0.717) is 12.1 Å². The molecule has 1 atom stereocenters. The van der Waals surface area contributed by atoms with Crippen molar-refractivity contribution in [1.29, 1.82) is 0 Å². The minimum Gasteiger partial charge on any atom is -0.508 e. The number of methoxy groups -OCH3 is 1. The number of carboxylic acid groups (broad SMARTS) is 1. The zero-order chi connectivity index (χ0) is 15.3. The van der Waals surface area contributed by atoms with Gasteiger partial charge in [0, 0.05) is 12.8 Å². The number of hydrogen-bond acceptors (Lipinski definition) is 4. The van der Waals surface area contributed by atoms with E-state index in [-0.39, 0.29) is 5.75 Å². The Kier molecular flexibility index (Phi) is 5.10. The molecule has 1 amide bonds. The summed E-state index contributed by atoms with van der Waals surface area (Å²) in [5.74, 6) is -1.52. The van der Waals surface area contributed by atoms with Crippen LogP contribution < -0.4 is 4.90 Å². The van der Waals surface area contributed by atoms with Gasteiger partial charge < -0.3 is 14.9 Å². The molecule has 1 aromatic carbocycles. The Morgan fingerprint density at radius 1 is 1.30 bits per heavy atom. The number of benzene rings is 1. The Bertz CT molecular complexity index is 479. The van der Waals surface area contributed by atoms with Crippen molar-refractivity contribution < 1.29 is 24.5 Å². The molecule has 2 N–H and O–H groups in total. The van der Waals surface area contributed by atoms with Crippen LogP contribution >= 0.6 is 0 Å². The molecule has 1 rings (SSSR count). The van der Waals surface area contributed by atoms with Crippen LogP contribution in [0.1, 0.15) is 20.3 Å². The molecule has 6 heteroatoms. The van der Waals surface area contributed by atoms with Crippen molar-refractivity contribution in [2.75, 3.05) is 18.6 Å². The topological polar surface area (TPSA) is 87.1 Å². The second kappa shape index (κ2) is 6.38. The summed E-state index contributed by atoms with van der Waals surface area (Å²) in [5, 5.41) is 18.2. The van der Waals surface area contributed by atoms with Crippen molar-refractivity contribution in [3.63, 3.8) is 0 Å². The van der Waals surface area contributed by atoms with E-state index in [1.165, 1.54) is 31.4 Å². The molecule has 0 radical (unpaired) electrons. The molecule has 0 spiro atoms. The quantitative estimate of drug-likeness (QED) is 0.827. The maximum absolute atomic E-state index is 12.5. The van der Waals surface area contributed by atoms with Crippen molar-refractivity contribution in [2.24, 2.45) is 0 Å². The van der Waals surface area contributed by atoms with Crippen LogP contribution in [0.3, 0.4) is 0 Å². The minimum atomic E-state index is -1.12. The molecular weight excluding hydrogens is 262 g/mol. The number of ether oxygens (including phenoxy) is 1. The molecule has 0 fully saturated rings. The van der Waals surface area contributed by atoms with Gasteiger partial charge in [-0.2, -0.15) is 0 Å². The predicted octanol–water partition coefficient (Wildman–Crippen LogP) is 1.62. The summed E-state index contributed by atoms with van der Waals surface area (Å²) in [7, 11) is 1.41. The molecular formula is C14H19NO5. The van der Waals surface area contributed by atoms with Gasteiger partial charge in [-0.1, -0.05) is 6.92 Å². The molecule has 0 bridgehead atoms. The number of phenols is 1. The third-order valence-electron chi connectivity index (χ3n) is 3.28. The number of carboxylic acids is 1. The number of aliphatic carboxylic acids is 1.